The second-order valence-electron chi connectivity index (χ2n) is 2.91. The summed E-state index contributed by atoms with van der Waals surface area (Å²) in [5, 5.41) is 2.83. The summed E-state index contributed by atoms with van der Waals surface area (Å²) in [6.07, 6.45) is 4.63. The van der Waals surface area contributed by atoms with Gasteiger partial charge in [-0.3, -0.25) is 0 Å². The minimum absolute atomic E-state index is 0.196. The van der Waals surface area contributed by atoms with Crippen molar-refractivity contribution in [3.8, 4) is 0 Å². The van der Waals surface area contributed by atoms with E-state index in [2.05, 4.69) is 5.32 Å². The zero-order valence-electron chi connectivity index (χ0n) is 6.64. The molecule has 0 radical (unpaired) electrons. The van der Waals surface area contributed by atoms with Crippen LogP contribution in [-0.2, 0) is 0 Å². The molecule has 0 atom stereocenters. The second kappa shape index (κ2) is 3.81. The molecular formula is C7H13ClN2O. The van der Waals surface area contributed by atoms with Crippen molar-refractivity contribution in [1.29, 1.82) is 0 Å². The summed E-state index contributed by atoms with van der Waals surface area (Å²) >= 11 is 5.43. The first-order valence-electron chi connectivity index (χ1n) is 3.90. The SMILES string of the molecule is CN(Cl)C(=O)NC1CCCC1. The van der Waals surface area contributed by atoms with Gasteiger partial charge < -0.3 is 5.32 Å². The largest absolute Gasteiger partial charge is 0.334 e. The standard InChI is InChI=1S/C7H13ClN2O/c1-10(8)7(11)9-6-4-2-3-5-6/h6H,2-5H2,1H3,(H,9,11). The molecule has 0 aromatic carbocycles. The molecule has 1 N–H and O–H groups in total. The first kappa shape index (κ1) is 8.65. The first-order valence-corrected chi connectivity index (χ1v) is 4.24. The molecule has 0 spiro atoms. The summed E-state index contributed by atoms with van der Waals surface area (Å²) in [6.45, 7) is 0. The summed E-state index contributed by atoms with van der Waals surface area (Å²) in [7, 11) is 1.53. The van der Waals surface area contributed by atoms with Crippen LogP contribution >= 0.6 is 11.8 Å². The molecule has 0 saturated heterocycles. The van der Waals surface area contributed by atoms with Gasteiger partial charge in [0.15, 0.2) is 0 Å². The Hall–Kier alpha value is -0.440. The van der Waals surface area contributed by atoms with Gasteiger partial charge in [0.2, 0.25) is 0 Å². The molecule has 4 heteroatoms. The van der Waals surface area contributed by atoms with E-state index in [0.717, 1.165) is 17.3 Å². The summed E-state index contributed by atoms with van der Waals surface area (Å²) < 4.78 is 1.05. The third-order valence-corrected chi connectivity index (χ3v) is 2.12. The number of amides is 2. The fraction of sp³-hybridized carbons (Fsp3) is 0.857. The maximum absolute atomic E-state index is 11.0. The van der Waals surface area contributed by atoms with Gasteiger partial charge in [-0.2, -0.15) is 0 Å². The van der Waals surface area contributed by atoms with E-state index in [9.17, 15) is 4.79 Å². The summed E-state index contributed by atoms with van der Waals surface area (Å²) in [4.78, 5) is 11.0. The second-order valence-corrected chi connectivity index (χ2v) is 3.42. The molecule has 64 valence electrons. The monoisotopic (exact) mass is 176 g/mol. The maximum Gasteiger partial charge on any atom is 0.331 e. The Kier molecular flexibility index (Phi) is 3.00. The predicted molar refractivity (Wildman–Crippen MR) is 44.4 cm³/mol. The van der Waals surface area contributed by atoms with E-state index in [1.54, 1.807) is 0 Å². The molecule has 0 heterocycles. The number of carbonyl (C=O) groups is 1. The van der Waals surface area contributed by atoms with Gasteiger partial charge in [-0.1, -0.05) is 12.8 Å². The van der Waals surface area contributed by atoms with Gasteiger partial charge in [0.05, 0.1) is 0 Å². The van der Waals surface area contributed by atoms with Crippen molar-refractivity contribution in [3.63, 3.8) is 0 Å². The molecule has 1 rings (SSSR count). The van der Waals surface area contributed by atoms with Crippen LogP contribution in [0.2, 0.25) is 0 Å². The van der Waals surface area contributed by atoms with Gasteiger partial charge in [0, 0.05) is 24.9 Å². The van der Waals surface area contributed by atoms with Crippen molar-refractivity contribution in [3.05, 3.63) is 0 Å². The van der Waals surface area contributed by atoms with Crippen LogP contribution in [0, 0.1) is 0 Å². The highest BCUT2D eigenvalue weighted by molar-refractivity contribution is 6.20. The van der Waals surface area contributed by atoms with Crippen molar-refractivity contribution < 1.29 is 4.79 Å². The first-order chi connectivity index (χ1) is 5.20. The smallest absolute Gasteiger partial charge is 0.331 e. The Balaban J connectivity index is 2.24. The number of carbonyl (C=O) groups excluding carboxylic acids is 1. The molecule has 2 amide bonds. The van der Waals surface area contributed by atoms with E-state index in [4.69, 9.17) is 11.8 Å². The van der Waals surface area contributed by atoms with Crippen LogP contribution in [-0.4, -0.2) is 23.5 Å². The van der Waals surface area contributed by atoms with Crippen LogP contribution in [0.1, 0.15) is 25.7 Å². The van der Waals surface area contributed by atoms with E-state index in [0.29, 0.717) is 6.04 Å². The molecule has 11 heavy (non-hydrogen) atoms. The molecule has 3 nitrogen and oxygen atoms in total. The molecule has 0 aromatic rings. The molecule has 0 bridgehead atoms. The Bertz CT molecular complexity index is 143. The Morgan fingerprint density at radius 3 is 2.55 bits per heavy atom. The van der Waals surface area contributed by atoms with Crippen LogP contribution in [0.25, 0.3) is 0 Å². The van der Waals surface area contributed by atoms with Crippen molar-refractivity contribution >= 4 is 17.8 Å². The lowest BCUT2D eigenvalue weighted by Crippen LogP contribution is -2.37. The third kappa shape index (κ3) is 2.58. The summed E-state index contributed by atoms with van der Waals surface area (Å²) in [6, 6.07) is 0.155. The number of nitrogens with one attached hydrogen (secondary N) is 1. The van der Waals surface area contributed by atoms with Crippen molar-refractivity contribution in [2.24, 2.45) is 0 Å². The van der Waals surface area contributed by atoms with Crippen LogP contribution in [0.5, 0.6) is 0 Å². The lowest BCUT2D eigenvalue weighted by atomic mass is 10.3. The number of urea groups is 1. The topological polar surface area (TPSA) is 32.3 Å². The third-order valence-electron chi connectivity index (χ3n) is 1.96. The zero-order valence-corrected chi connectivity index (χ0v) is 7.40. The Morgan fingerprint density at radius 2 is 2.09 bits per heavy atom. The minimum atomic E-state index is -0.196. The highest BCUT2D eigenvalue weighted by Gasteiger charge is 2.17. The van der Waals surface area contributed by atoms with Crippen LogP contribution in [0.3, 0.4) is 0 Å². The Labute approximate surface area is 71.8 Å². The molecule has 1 saturated carbocycles. The number of rotatable bonds is 1. The average molecular weight is 177 g/mol. The van der Waals surface area contributed by atoms with Crippen LogP contribution < -0.4 is 5.32 Å². The summed E-state index contributed by atoms with van der Waals surface area (Å²) in [5.41, 5.74) is 0. The van der Waals surface area contributed by atoms with E-state index in [1.807, 2.05) is 0 Å². The predicted octanol–water partition coefficient (Wildman–Crippen LogP) is 1.72. The van der Waals surface area contributed by atoms with Gasteiger partial charge in [0.25, 0.3) is 0 Å². The Morgan fingerprint density at radius 1 is 1.55 bits per heavy atom. The zero-order chi connectivity index (χ0) is 8.27. The number of halogens is 1. The van der Waals surface area contributed by atoms with Gasteiger partial charge in [0.1, 0.15) is 0 Å². The van der Waals surface area contributed by atoms with E-state index >= 15 is 0 Å². The lowest BCUT2D eigenvalue weighted by Gasteiger charge is -2.14. The van der Waals surface area contributed by atoms with Crippen molar-refractivity contribution in [2.45, 2.75) is 31.7 Å². The number of hydrogen-bond acceptors (Lipinski definition) is 1. The molecule has 1 aliphatic carbocycles. The number of hydrogen-bond donors (Lipinski definition) is 1. The van der Waals surface area contributed by atoms with Gasteiger partial charge in [-0.25, -0.2) is 9.21 Å². The molecule has 0 aliphatic heterocycles. The van der Waals surface area contributed by atoms with Crippen LogP contribution in [0.4, 0.5) is 4.79 Å². The van der Waals surface area contributed by atoms with E-state index in [-0.39, 0.29) is 6.03 Å². The highest BCUT2D eigenvalue weighted by Crippen LogP contribution is 2.17. The van der Waals surface area contributed by atoms with Gasteiger partial charge in [-0.05, 0) is 12.8 Å². The number of nitrogens with zero attached hydrogens (tertiary/aromatic N) is 1. The molecule has 0 unspecified atom stereocenters. The molecule has 1 aliphatic rings. The van der Waals surface area contributed by atoms with Gasteiger partial charge in [-0.15, -0.1) is 0 Å². The lowest BCUT2D eigenvalue weighted by molar-refractivity contribution is 0.225. The molecular weight excluding hydrogens is 164 g/mol. The van der Waals surface area contributed by atoms with E-state index < -0.39 is 0 Å². The molecule has 0 aromatic heterocycles. The van der Waals surface area contributed by atoms with E-state index in [1.165, 1.54) is 19.9 Å². The van der Waals surface area contributed by atoms with Crippen molar-refractivity contribution in [1.82, 2.24) is 9.74 Å². The average Bonchev–Trinajstić information content (AvgIpc) is 2.39. The van der Waals surface area contributed by atoms with Crippen LogP contribution in [0.15, 0.2) is 0 Å². The minimum Gasteiger partial charge on any atom is -0.334 e. The fourth-order valence-electron chi connectivity index (χ4n) is 1.33. The highest BCUT2D eigenvalue weighted by atomic mass is 35.5. The van der Waals surface area contributed by atoms with Gasteiger partial charge >= 0.3 is 6.03 Å². The molecule has 1 fully saturated rings. The normalized spacial score (nSPS) is 18.4. The van der Waals surface area contributed by atoms with Crippen molar-refractivity contribution in [2.75, 3.05) is 7.05 Å². The maximum atomic E-state index is 11.0. The summed E-state index contributed by atoms with van der Waals surface area (Å²) in [5.74, 6) is 0. The fourth-order valence-corrected chi connectivity index (χ4v) is 1.38. The quantitative estimate of drug-likeness (QED) is 0.607.